The van der Waals surface area contributed by atoms with Crippen molar-refractivity contribution in [2.45, 2.75) is 56.3 Å². The van der Waals surface area contributed by atoms with Crippen molar-refractivity contribution in [3.8, 4) is 11.5 Å². The largest absolute Gasteiger partial charge is 0.507 e. The molecule has 1 heterocycles. The minimum Gasteiger partial charge on any atom is -0.507 e. The summed E-state index contributed by atoms with van der Waals surface area (Å²) < 4.78 is 11.4. The Kier molecular flexibility index (Phi) is 5.53. The highest BCUT2D eigenvalue weighted by molar-refractivity contribution is 6.30. The molecule has 5 atom stereocenters. The second-order valence-electron chi connectivity index (χ2n) is 9.39. The maximum Gasteiger partial charge on any atom is 0.198 e. The SMILES string of the molecule is CC(=O)C1(N)Cc2c(O)c3c(c(O)c2[C@@H](O[C@H]2C[C@H](O)[C@H](O)CO2)C1)C(=O)c1ccccc1C3=O. The Morgan fingerprint density at radius 2 is 1.66 bits per heavy atom. The van der Waals surface area contributed by atoms with Crippen LogP contribution >= 0.6 is 0 Å². The van der Waals surface area contributed by atoms with E-state index in [-0.39, 0.29) is 59.3 Å². The number of nitrogens with two attached hydrogens (primary N) is 1. The summed E-state index contributed by atoms with van der Waals surface area (Å²) in [5.41, 5.74) is 4.47. The number of hydrogen-bond donors (Lipinski definition) is 5. The van der Waals surface area contributed by atoms with E-state index in [1.807, 2.05) is 0 Å². The van der Waals surface area contributed by atoms with E-state index < -0.39 is 59.0 Å². The Balaban J connectivity index is 1.67. The van der Waals surface area contributed by atoms with Crippen LogP contribution in [0.15, 0.2) is 24.3 Å². The van der Waals surface area contributed by atoms with Gasteiger partial charge in [0.25, 0.3) is 0 Å². The third-order valence-corrected chi connectivity index (χ3v) is 7.17. The first-order chi connectivity index (χ1) is 16.5. The number of aliphatic hydroxyl groups is 2. The first-order valence-corrected chi connectivity index (χ1v) is 11.3. The summed E-state index contributed by atoms with van der Waals surface area (Å²) in [4.78, 5) is 39.0. The number of fused-ring (bicyclic) bond motifs is 3. The lowest BCUT2D eigenvalue weighted by Gasteiger charge is -2.41. The number of phenolic OH excluding ortho intramolecular Hbond substituents is 2. The fourth-order valence-electron chi connectivity index (χ4n) is 5.13. The average Bonchev–Trinajstić information content (AvgIpc) is 2.82. The molecular weight excluding hydrogens is 458 g/mol. The van der Waals surface area contributed by atoms with Gasteiger partial charge in [-0.1, -0.05) is 24.3 Å². The number of ether oxygens (including phenoxy) is 2. The molecule has 2 aromatic rings. The molecule has 0 bridgehead atoms. The molecule has 10 nitrogen and oxygen atoms in total. The monoisotopic (exact) mass is 483 g/mol. The predicted molar refractivity (Wildman–Crippen MR) is 119 cm³/mol. The fourth-order valence-corrected chi connectivity index (χ4v) is 5.13. The molecule has 1 fully saturated rings. The number of carbonyl (C=O) groups excluding carboxylic acids is 3. The zero-order valence-electron chi connectivity index (χ0n) is 18.9. The first kappa shape index (κ1) is 23.6. The van der Waals surface area contributed by atoms with E-state index in [0.29, 0.717) is 0 Å². The third kappa shape index (κ3) is 3.57. The summed E-state index contributed by atoms with van der Waals surface area (Å²) in [7, 11) is 0. The van der Waals surface area contributed by atoms with Crippen LogP contribution in [0.25, 0.3) is 0 Å². The van der Waals surface area contributed by atoms with Gasteiger partial charge in [0.2, 0.25) is 0 Å². The van der Waals surface area contributed by atoms with Gasteiger partial charge in [-0.3, -0.25) is 14.4 Å². The standard InChI is InChI=1S/C25H25NO9/c1-10(27)25(26)7-13-18(16(8-25)35-17-6-14(28)15(29)9-34-17)24(33)20-19(23(13)32)21(30)11-4-2-3-5-12(11)22(20)31/h2-5,14-17,28-29,32-33H,6-9,26H2,1H3/t14-,15+,16-,17-,25?/m0/s1. The molecule has 1 unspecified atom stereocenters. The van der Waals surface area contributed by atoms with Gasteiger partial charge in [-0.25, -0.2) is 0 Å². The number of hydrogen-bond acceptors (Lipinski definition) is 10. The molecule has 0 spiro atoms. The van der Waals surface area contributed by atoms with Crippen LogP contribution in [0.1, 0.15) is 68.8 Å². The van der Waals surface area contributed by atoms with Crippen molar-refractivity contribution in [2.75, 3.05) is 6.61 Å². The van der Waals surface area contributed by atoms with Crippen LogP contribution in [0, 0.1) is 0 Å². The van der Waals surface area contributed by atoms with E-state index in [9.17, 15) is 34.8 Å². The minimum absolute atomic E-state index is 0.0344. The quantitative estimate of drug-likeness (QED) is 0.332. The van der Waals surface area contributed by atoms with Gasteiger partial charge in [-0.05, 0) is 6.92 Å². The maximum atomic E-state index is 13.3. The van der Waals surface area contributed by atoms with Gasteiger partial charge in [0.15, 0.2) is 17.9 Å². The Morgan fingerprint density at radius 1 is 1.06 bits per heavy atom. The lowest BCUT2D eigenvalue weighted by atomic mass is 9.71. The van der Waals surface area contributed by atoms with Gasteiger partial charge >= 0.3 is 0 Å². The molecular formula is C25H25NO9. The number of carbonyl (C=O) groups is 3. The second kappa shape index (κ2) is 8.21. The van der Waals surface area contributed by atoms with Gasteiger partial charge in [-0.2, -0.15) is 0 Å². The minimum atomic E-state index is -1.50. The molecule has 0 radical (unpaired) electrons. The van der Waals surface area contributed by atoms with Crippen LogP contribution in [0.3, 0.4) is 0 Å². The zero-order valence-corrected chi connectivity index (χ0v) is 18.9. The smallest absolute Gasteiger partial charge is 0.198 e. The Labute approximate surface area is 199 Å². The van der Waals surface area contributed by atoms with Crippen molar-refractivity contribution in [3.63, 3.8) is 0 Å². The topological polar surface area (TPSA) is 177 Å². The van der Waals surface area contributed by atoms with E-state index in [4.69, 9.17) is 15.2 Å². The molecule has 184 valence electrons. The lowest BCUT2D eigenvalue weighted by molar-refractivity contribution is -0.238. The van der Waals surface area contributed by atoms with E-state index in [0.717, 1.165) is 0 Å². The molecule has 10 heteroatoms. The molecule has 2 aliphatic carbocycles. The summed E-state index contributed by atoms with van der Waals surface area (Å²) in [5.74, 6) is -2.74. The Morgan fingerprint density at radius 3 is 2.23 bits per heavy atom. The average molecular weight is 483 g/mol. The predicted octanol–water partition coefficient (Wildman–Crippen LogP) is 0.632. The van der Waals surface area contributed by atoms with Crippen molar-refractivity contribution >= 4 is 17.3 Å². The normalized spacial score (nSPS) is 29.8. The van der Waals surface area contributed by atoms with Gasteiger partial charge in [0, 0.05) is 41.5 Å². The number of phenols is 2. The summed E-state index contributed by atoms with van der Waals surface area (Å²) in [6.07, 6.45) is -4.74. The molecule has 5 rings (SSSR count). The molecule has 0 amide bonds. The van der Waals surface area contributed by atoms with Crippen molar-refractivity contribution < 1.29 is 44.3 Å². The highest BCUT2D eigenvalue weighted by Crippen LogP contribution is 2.51. The van der Waals surface area contributed by atoms with Crippen LogP contribution in [0.5, 0.6) is 11.5 Å². The number of aromatic hydroxyl groups is 2. The molecule has 0 saturated carbocycles. The first-order valence-electron chi connectivity index (χ1n) is 11.3. The van der Waals surface area contributed by atoms with Crippen LogP contribution in [-0.2, 0) is 20.7 Å². The lowest BCUT2D eigenvalue weighted by Crippen LogP contribution is -2.53. The third-order valence-electron chi connectivity index (χ3n) is 7.17. The number of ketones is 3. The van der Waals surface area contributed by atoms with Crippen molar-refractivity contribution in [2.24, 2.45) is 5.73 Å². The Bertz CT molecular complexity index is 1270. The zero-order chi connectivity index (χ0) is 25.2. The maximum absolute atomic E-state index is 13.3. The molecule has 6 N–H and O–H groups in total. The molecule has 2 aromatic carbocycles. The van der Waals surface area contributed by atoms with Crippen molar-refractivity contribution in [3.05, 3.63) is 57.6 Å². The van der Waals surface area contributed by atoms with E-state index in [1.165, 1.54) is 19.1 Å². The van der Waals surface area contributed by atoms with E-state index in [2.05, 4.69) is 0 Å². The molecule has 3 aliphatic rings. The number of aliphatic hydroxyl groups excluding tert-OH is 2. The van der Waals surface area contributed by atoms with E-state index >= 15 is 0 Å². The van der Waals surface area contributed by atoms with Gasteiger partial charge in [0.05, 0.1) is 35.5 Å². The van der Waals surface area contributed by atoms with Gasteiger partial charge in [0.1, 0.15) is 23.4 Å². The second-order valence-corrected chi connectivity index (χ2v) is 9.39. The van der Waals surface area contributed by atoms with Crippen LogP contribution in [0.2, 0.25) is 0 Å². The fraction of sp³-hybridized carbons (Fsp3) is 0.400. The van der Waals surface area contributed by atoms with Gasteiger partial charge < -0.3 is 35.6 Å². The van der Waals surface area contributed by atoms with Crippen molar-refractivity contribution in [1.82, 2.24) is 0 Å². The number of benzene rings is 2. The summed E-state index contributed by atoms with van der Waals surface area (Å²) in [5, 5.41) is 42.3. The Hall–Kier alpha value is -3.15. The van der Waals surface area contributed by atoms with E-state index in [1.54, 1.807) is 12.1 Å². The summed E-state index contributed by atoms with van der Waals surface area (Å²) in [6, 6.07) is 6.10. The molecule has 35 heavy (non-hydrogen) atoms. The molecule has 0 aromatic heterocycles. The van der Waals surface area contributed by atoms with Crippen LogP contribution in [0.4, 0.5) is 0 Å². The van der Waals surface area contributed by atoms with Crippen LogP contribution in [-0.4, -0.2) is 68.4 Å². The summed E-state index contributed by atoms with van der Waals surface area (Å²) >= 11 is 0. The molecule has 1 saturated heterocycles. The number of Topliss-reactive ketones (excluding diaryl/α,β-unsaturated/α-hetero) is 1. The highest BCUT2D eigenvalue weighted by atomic mass is 16.7. The highest BCUT2D eigenvalue weighted by Gasteiger charge is 2.48. The van der Waals surface area contributed by atoms with Gasteiger partial charge in [-0.15, -0.1) is 0 Å². The number of rotatable bonds is 3. The van der Waals surface area contributed by atoms with Crippen LogP contribution < -0.4 is 5.73 Å². The van der Waals surface area contributed by atoms with Crippen molar-refractivity contribution in [1.29, 1.82) is 0 Å². The molecule has 1 aliphatic heterocycles. The summed E-state index contributed by atoms with van der Waals surface area (Å²) in [6.45, 7) is 1.09.